The predicted octanol–water partition coefficient (Wildman–Crippen LogP) is 2.62. The fourth-order valence-electron chi connectivity index (χ4n) is 1.30. The Kier molecular flexibility index (Phi) is 2.50. The highest BCUT2D eigenvalue weighted by molar-refractivity contribution is 7.06. The second kappa shape index (κ2) is 3.80. The molecule has 1 aromatic carbocycles. The van der Waals surface area contributed by atoms with Crippen molar-refractivity contribution >= 4 is 17.2 Å². The van der Waals surface area contributed by atoms with Crippen molar-refractivity contribution in [1.82, 2.24) is 4.37 Å². The van der Waals surface area contributed by atoms with Gasteiger partial charge in [0, 0.05) is 6.42 Å². The molecule has 2 N–H and O–H groups in total. The van der Waals surface area contributed by atoms with Crippen molar-refractivity contribution in [3.8, 4) is 0 Å². The van der Waals surface area contributed by atoms with Gasteiger partial charge in [0.1, 0.15) is 0 Å². The number of rotatable bonds is 2. The van der Waals surface area contributed by atoms with E-state index < -0.39 is 0 Å². The Balaban J connectivity index is 2.19. The summed E-state index contributed by atoms with van der Waals surface area (Å²) in [5.41, 5.74) is 9.13. The second-order valence-electron chi connectivity index (χ2n) is 3.37. The average Bonchev–Trinajstić information content (AvgIpc) is 2.56. The molecule has 14 heavy (non-hydrogen) atoms. The molecule has 0 saturated heterocycles. The summed E-state index contributed by atoms with van der Waals surface area (Å²) in [5.74, 6) is 0. The summed E-state index contributed by atoms with van der Waals surface area (Å²) in [4.78, 5) is 1.15. The van der Waals surface area contributed by atoms with Crippen molar-refractivity contribution in [3.05, 3.63) is 46.5 Å². The van der Waals surface area contributed by atoms with Gasteiger partial charge in [-0.2, -0.15) is 4.37 Å². The van der Waals surface area contributed by atoms with Crippen molar-refractivity contribution in [2.45, 2.75) is 13.3 Å². The average molecular weight is 204 g/mol. The standard InChI is InChI=1S/C11H12N2S/c1-8-2-4-9(5-3-8)6-11-10(12)7-13-14-11/h2-5,7H,6,12H2,1H3. The summed E-state index contributed by atoms with van der Waals surface area (Å²) in [6.45, 7) is 2.09. The predicted molar refractivity (Wildman–Crippen MR) is 60.5 cm³/mol. The summed E-state index contributed by atoms with van der Waals surface area (Å²) in [6.07, 6.45) is 2.60. The Labute approximate surface area is 87.6 Å². The van der Waals surface area contributed by atoms with Crippen LogP contribution >= 0.6 is 11.5 Å². The van der Waals surface area contributed by atoms with Gasteiger partial charge in [0.15, 0.2) is 0 Å². The summed E-state index contributed by atoms with van der Waals surface area (Å²) in [6, 6.07) is 8.50. The molecule has 0 spiro atoms. The van der Waals surface area contributed by atoms with Crippen LogP contribution in [0.3, 0.4) is 0 Å². The van der Waals surface area contributed by atoms with Gasteiger partial charge in [-0.1, -0.05) is 29.8 Å². The van der Waals surface area contributed by atoms with Gasteiger partial charge < -0.3 is 5.73 Å². The molecule has 0 aliphatic rings. The Bertz CT molecular complexity index is 417. The summed E-state index contributed by atoms with van der Waals surface area (Å²) in [5, 5.41) is 0. The molecule has 0 bridgehead atoms. The zero-order chi connectivity index (χ0) is 9.97. The van der Waals surface area contributed by atoms with Gasteiger partial charge >= 0.3 is 0 Å². The van der Waals surface area contributed by atoms with E-state index in [1.165, 1.54) is 22.7 Å². The highest BCUT2D eigenvalue weighted by Gasteiger charge is 2.02. The van der Waals surface area contributed by atoms with Gasteiger partial charge in [-0.25, -0.2) is 0 Å². The molecule has 0 radical (unpaired) electrons. The van der Waals surface area contributed by atoms with Gasteiger partial charge in [0.05, 0.1) is 16.8 Å². The van der Waals surface area contributed by atoms with Crippen LogP contribution in [0.25, 0.3) is 0 Å². The lowest BCUT2D eigenvalue weighted by Crippen LogP contribution is -1.90. The van der Waals surface area contributed by atoms with Crippen LogP contribution in [0.15, 0.2) is 30.5 Å². The minimum atomic E-state index is 0.801. The highest BCUT2D eigenvalue weighted by atomic mass is 32.1. The molecule has 2 nitrogen and oxygen atoms in total. The molecular weight excluding hydrogens is 192 g/mol. The number of aryl methyl sites for hydroxylation is 1. The third-order valence-electron chi connectivity index (χ3n) is 2.16. The van der Waals surface area contributed by atoms with Crippen molar-refractivity contribution < 1.29 is 0 Å². The van der Waals surface area contributed by atoms with E-state index in [4.69, 9.17) is 5.73 Å². The van der Waals surface area contributed by atoms with Crippen molar-refractivity contribution in [2.75, 3.05) is 5.73 Å². The van der Waals surface area contributed by atoms with Crippen LogP contribution in [0.2, 0.25) is 0 Å². The van der Waals surface area contributed by atoms with E-state index in [1.807, 2.05) is 0 Å². The molecule has 0 fully saturated rings. The van der Waals surface area contributed by atoms with E-state index >= 15 is 0 Å². The fourth-order valence-corrected chi connectivity index (χ4v) is 1.98. The topological polar surface area (TPSA) is 38.9 Å². The van der Waals surface area contributed by atoms with Crippen LogP contribution in [-0.2, 0) is 6.42 Å². The van der Waals surface area contributed by atoms with E-state index in [2.05, 4.69) is 35.6 Å². The van der Waals surface area contributed by atoms with Crippen LogP contribution in [0.1, 0.15) is 16.0 Å². The lowest BCUT2D eigenvalue weighted by atomic mass is 10.1. The van der Waals surface area contributed by atoms with Crippen LogP contribution in [0.4, 0.5) is 5.69 Å². The lowest BCUT2D eigenvalue weighted by Gasteiger charge is -2.00. The number of nitrogens with two attached hydrogens (primary N) is 1. The normalized spacial score (nSPS) is 10.4. The van der Waals surface area contributed by atoms with Gasteiger partial charge in [0.25, 0.3) is 0 Å². The maximum Gasteiger partial charge on any atom is 0.0663 e. The second-order valence-corrected chi connectivity index (χ2v) is 4.25. The minimum Gasteiger partial charge on any atom is -0.397 e. The largest absolute Gasteiger partial charge is 0.397 e. The van der Waals surface area contributed by atoms with Crippen molar-refractivity contribution in [3.63, 3.8) is 0 Å². The first kappa shape index (κ1) is 9.21. The molecular formula is C11H12N2S. The molecule has 2 aromatic rings. The number of aromatic nitrogens is 1. The number of anilines is 1. The Morgan fingerprint density at radius 1 is 1.29 bits per heavy atom. The number of nitrogen functional groups attached to an aromatic ring is 1. The van der Waals surface area contributed by atoms with E-state index in [1.54, 1.807) is 6.20 Å². The third-order valence-corrected chi connectivity index (χ3v) is 2.97. The van der Waals surface area contributed by atoms with E-state index in [0.717, 1.165) is 17.0 Å². The molecule has 3 heteroatoms. The summed E-state index contributed by atoms with van der Waals surface area (Å²) in [7, 11) is 0. The number of hydrogen-bond acceptors (Lipinski definition) is 3. The maximum atomic E-state index is 5.77. The van der Waals surface area contributed by atoms with Crippen LogP contribution in [0, 0.1) is 6.92 Å². The SMILES string of the molecule is Cc1ccc(Cc2sncc2N)cc1. The molecule has 0 amide bonds. The highest BCUT2D eigenvalue weighted by Crippen LogP contribution is 2.19. The first-order chi connectivity index (χ1) is 6.75. The summed E-state index contributed by atoms with van der Waals surface area (Å²) < 4.78 is 4.05. The number of hydrogen-bond donors (Lipinski definition) is 1. The molecule has 1 heterocycles. The van der Waals surface area contributed by atoms with Crippen molar-refractivity contribution in [2.24, 2.45) is 0 Å². The van der Waals surface area contributed by atoms with Gasteiger partial charge in [-0.3, -0.25) is 0 Å². The number of benzene rings is 1. The Morgan fingerprint density at radius 3 is 2.57 bits per heavy atom. The molecule has 0 aliphatic carbocycles. The van der Waals surface area contributed by atoms with E-state index in [9.17, 15) is 0 Å². The van der Waals surface area contributed by atoms with Crippen molar-refractivity contribution in [1.29, 1.82) is 0 Å². The van der Waals surface area contributed by atoms with E-state index in [0.29, 0.717) is 0 Å². The zero-order valence-electron chi connectivity index (χ0n) is 8.03. The fraction of sp³-hybridized carbons (Fsp3) is 0.182. The van der Waals surface area contributed by atoms with Crippen LogP contribution in [0.5, 0.6) is 0 Å². The number of nitrogens with zero attached hydrogens (tertiary/aromatic N) is 1. The quantitative estimate of drug-likeness (QED) is 0.816. The third kappa shape index (κ3) is 1.93. The molecule has 0 unspecified atom stereocenters. The van der Waals surface area contributed by atoms with Crippen LogP contribution in [-0.4, -0.2) is 4.37 Å². The molecule has 2 rings (SSSR count). The minimum absolute atomic E-state index is 0.801. The van der Waals surface area contributed by atoms with Crippen LogP contribution < -0.4 is 5.73 Å². The molecule has 1 aromatic heterocycles. The van der Waals surface area contributed by atoms with Gasteiger partial charge in [-0.15, -0.1) is 0 Å². The monoisotopic (exact) mass is 204 g/mol. The summed E-state index contributed by atoms with van der Waals surface area (Å²) >= 11 is 1.47. The molecule has 0 atom stereocenters. The molecule has 72 valence electrons. The maximum absolute atomic E-state index is 5.77. The Morgan fingerprint density at radius 2 is 2.00 bits per heavy atom. The molecule has 0 aliphatic heterocycles. The zero-order valence-corrected chi connectivity index (χ0v) is 8.84. The smallest absolute Gasteiger partial charge is 0.0663 e. The molecule has 0 saturated carbocycles. The lowest BCUT2D eigenvalue weighted by molar-refractivity contribution is 1.23. The van der Waals surface area contributed by atoms with Gasteiger partial charge in [-0.05, 0) is 24.0 Å². The Hall–Kier alpha value is -1.35. The van der Waals surface area contributed by atoms with Gasteiger partial charge in [0.2, 0.25) is 0 Å². The first-order valence-corrected chi connectivity index (χ1v) is 5.27. The first-order valence-electron chi connectivity index (χ1n) is 4.50. The van der Waals surface area contributed by atoms with E-state index in [-0.39, 0.29) is 0 Å².